The Morgan fingerprint density at radius 3 is 1.25 bits per heavy atom. The van der Waals surface area contributed by atoms with E-state index in [1.54, 1.807) is 24.3 Å². The molecule has 2 aromatic carbocycles. The maximum absolute atomic E-state index is 11.5. The largest absolute Gasteiger partial charge is 2.00 e. The molecule has 177 valence electrons. The van der Waals surface area contributed by atoms with E-state index >= 15 is 0 Å². The van der Waals surface area contributed by atoms with Crippen LogP contribution in [0.4, 0.5) is 0 Å². The Hall–Kier alpha value is -2.44. The van der Waals surface area contributed by atoms with E-state index < -0.39 is 0 Å². The predicted octanol–water partition coefficient (Wildman–Crippen LogP) is 1.49. The van der Waals surface area contributed by atoms with Gasteiger partial charge in [0.15, 0.2) is 0 Å². The van der Waals surface area contributed by atoms with Crippen molar-refractivity contribution in [1.82, 2.24) is 0 Å². The fraction of sp³-hybridized carbons (Fsp3) is 0.391. The summed E-state index contributed by atoms with van der Waals surface area (Å²) in [6.45, 7) is 9.00. The fourth-order valence-corrected chi connectivity index (χ4v) is 2.73. The summed E-state index contributed by atoms with van der Waals surface area (Å²) in [7, 11) is 0.750. The molecule has 0 fully saturated rings. The van der Waals surface area contributed by atoms with Crippen LogP contribution in [0.5, 0.6) is 11.5 Å². The van der Waals surface area contributed by atoms with Crippen LogP contribution in [0.25, 0.3) is 0 Å². The van der Waals surface area contributed by atoms with Gasteiger partial charge in [-0.1, -0.05) is 60.0 Å². The molecule has 0 saturated heterocycles. The third-order valence-electron chi connectivity index (χ3n) is 4.17. The van der Waals surface area contributed by atoms with Crippen LogP contribution in [-0.4, -0.2) is 43.2 Å². The third-order valence-corrected chi connectivity index (χ3v) is 4.17. The van der Waals surface area contributed by atoms with E-state index in [1.807, 2.05) is 39.8 Å². The van der Waals surface area contributed by atoms with Gasteiger partial charge in [-0.15, -0.1) is 0 Å². The number of hydrogen-bond donors (Lipinski definition) is 0. The number of benzene rings is 2. The average Bonchev–Trinajstić information content (AvgIpc) is 3.26. The average molecular weight is 614 g/mol. The zero-order valence-electron chi connectivity index (χ0n) is 18.8. The topological polar surface area (TPSA) is 141 Å². The van der Waals surface area contributed by atoms with Crippen molar-refractivity contribution in [3.05, 3.63) is 59.7 Å². The van der Waals surface area contributed by atoms with Gasteiger partial charge in [0.25, 0.3) is 0 Å². The standard InChI is InChI=1S/2C11H13NO2.CH3O.O.Re/c2*1-11(2)7-14-10(12-11)8-5-3-4-6-9(8)13;1-2;;/h2*3-6,13H,7H2,1-2H3;1H3;;/q;;-1;-2;/p-2. The molecule has 0 aromatic heterocycles. The first-order chi connectivity index (χ1) is 14.2. The molecule has 0 amide bonds. The van der Waals surface area contributed by atoms with Gasteiger partial charge in [-0.05, 0) is 27.7 Å². The molecule has 2 aliphatic heterocycles. The molecule has 0 atom stereocenters. The second-order valence-electron chi connectivity index (χ2n) is 8.03. The van der Waals surface area contributed by atoms with E-state index in [4.69, 9.17) is 14.6 Å². The van der Waals surface area contributed by atoms with Crippen LogP contribution in [0.1, 0.15) is 38.8 Å². The van der Waals surface area contributed by atoms with Crippen molar-refractivity contribution in [2.24, 2.45) is 9.98 Å². The summed E-state index contributed by atoms with van der Waals surface area (Å²) in [6.07, 6.45) is 0. The molecule has 2 heterocycles. The Labute approximate surface area is 202 Å². The minimum Gasteiger partial charge on any atom is -2.00 e. The van der Waals surface area contributed by atoms with Crippen LogP contribution >= 0.6 is 0 Å². The summed E-state index contributed by atoms with van der Waals surface area (Å²) in [4.78, 5) is 8.69. The number of para-hydroxylation sites is 2. The van der Waals surface area contributed by atoms with Crippen LogP contribution in [0.2, 0.25) is 0 Å². The van der Waals surface area contributed by atoms with Crippen LogP contribution in [-0.2, 0) is 35.4 Å². The number of nitrogens with zero attached hydrogens (tertiary/aromatic N) is 2. The van der Waals surface area contributed by atoms with Gasteiger partial charge < -0.3 is 30.3 Å². The molecule has 2 aromatic rings. The van der Waals surface area contributed by atoms with Crippen molar-refractivity contribution in [2.75, 3.05) is 20.3 Å². The van der Waals surface area contributed by atoms with Crippen LogP contribution in [0.3, 0.4) is 0 Å². The summed E-state index contributed by atoms with van der Waals surface area (Å²) in [5, 5.41) is 31.2. The summed E-state index contributed by atoms with van der Waals surface area (Å²) in [6, 6.07) is 13.6. The van der Waals surface area contributed by atoms with Crippen molar-refractivity contribution in [2.45, 2.75) is 38.8 Å². The van der Waals surface area contributed by atoms with Gasteiger partial charge in [0.1, 0.15) is 13.2 Å². The number of aliphatic imine (C=N–C) groups is 2. The van der Waals surface area contributed by atoms with Gasteiger partial charge in [-0.3, -0.25) is 0 Å². The van der Waals surface area contributed by atoms with Crippen molar-refractivity contribution in [3.63, 3.8) is 0 Å². The first-order valence-electron chi connectivity index (χ1n) is 9.56. The number of ether oxygens (including phenoxy) is 2. The minimum absolute atomic E-state index is 0. The van der Waals surface area contributed by atoms with E-state index in [0.29, 0.717) is 36.1 Å². The first kappa shape index (κ1) is 29.6. The number of rotatable bonds is 2. The first-order valence-corrected chi connectivity index (χ1v) is 9.56. The van der Waals surface area contributed by atoms with Crippen LogP contribution < -0.4 is 15.3 Å². The Balaban J connectivity index is 0.000000527. The second kappa shape index (κ2) is 12.6. The van der Waals surface area contributed by atoms with E-state index in [-0.39, 0.29) is 48.5 Å². The minimum atomic E-state index is -0.211. The van der Waals surface area contributed by atoms with Gasteiger partial charge in [-0.2, -0.15) is 7.11 Å². The quantitative estimate of drug-likeness (QED) is 0.505. The maximum Gasteiger partial charge on any atom is 0.216 e. The zero-order chi connectivity index (χ0) is 22.4. The summed E-state index contributed by atoms with van der Waals surface area (Å²) in [5.41, 5.74) is 0.686. The molecule has 8 nitrogen and oxygen atoms in total. The monoisotopic (exact) mass is 614 g/mol. The van der Waals surface area contributed by atoms with Crippen LogP contribution in [0.15, 0.2) is 58.5 Å². The second-order valence-corrected chi connectivity index (χ2v) is 8.03. The molecule has 9 heteroatoms. The molecule has 2 aliphatic rings. The molecule has 0 unspecified atom stereocenters. The maximum atomic E-state index is 11.5. The molecule has 0 spiro atoms. The van der Waals surface area contributed by atoms with Crippen molar-refractivity contribution in [1.29, 1.82) is 0 Å². The molecule has 0 bridgehead atoms. The molecule has 1 radical (unpaired) electrons. The molecule has 32 heavy (non-hydrogen) atoms. The summed E-state index contributed by atoms with van der Waals surface area (Å²) >= 11 is 0. The van der Waals surface area contributed by atoms with Crippen LogP contribution in [0, 0.1) is 0 Å². The van der Waals surface area contributed by atoms with Crippen molar-refractivity contribution < 1.29 is 50.7 Å². The van der Waals surface area contributed by atoms with Gasteiger partial charge in [0, 0.05) is 31.5 Å². The molecular formula is C23H27N2O6Re-5. The molecule has 4 rings (SSSR count). The zero-order valence-corrected chi connectivity index (χ0v) is 21.5. The predicted molar refractivity (Wildman–Crippen MR) is 112 cm³/mol. The Kier molecular flexibility index (Phi) is 11.6. The smallest absolute Gasteiger partial charge is 0.216 e. The molecule has 0 saturated carbocycles. The Bertz CT molecular complexity index is 853. The van der Waals surface area contributed by atoms with Crippen molar-refractivity contribution in [3.8, 4) is 11.5 Å². The Morgan fingerprint density at radius 1 is 0.688 bits per heavy atom. The van der Waals surface area contributed by atoms with Gasteiger partial charge in [-0.25, -0.2) is 9.98 Å². The fourth-order valence-electron chi connectivity index (χ4n) is 2.73. The Morgan fingerprint density at radius 2 is 1.00 bits per heavy atom. The molecule has 0 N–H and O–H groups in total. The SMILES string of the molecule is CC1(C)COC(c2ccccc2[O-])=N1.CC1(C)COC(c2ccccc2[O-])=N1.C[O-].[O-2].[Re]. The summed E-state index contributed by atoms with van der Waals surface area (Å²) in [5.74, 6) is 0.870. The van der Waals surface area contributed by atoms with Gasteiger partial charge >= 0.3 is 0 Å². The van der Waals surface area contributed by atoms with Crippen molar-refractivity contribution >= 4 is 11.8 Å². The van der Waals surface area contributed by atoms with Gasteiger partial charge in [0.05, 0.1) is 11.1 Å². The van der Waals surface area contributed by atoms with E-state index in [9.17, 15) is 10.2 Å². The van der Waals surface area contributed by atoms with Gasteiger partial charge in [0.2, 0.25) is 11.8 Å². The third kappa shape index (κ3) is 7.92. The molecule has 0 aliphatic carbocycles. The van der Waals surface area contributed by atoms with E-state index in [2.05, 4.69) is 9.98 Å². The normalized spacial score (nSPS) is 16.7. The molecular weight excluding hydrogens is 586 g/mol. The van der Waals surface area contributed by atoms with E-state index in [1.165, 1.54) is 12.1 Å². The van der Waals surface area contributed by atoms with E-state index in [0.717, 1.165) is 7.11 Å². The number of hydrogen-bond acceptors (Lipinski definition) is 7. The summed E-state index contributed by atoms with van der Waals surface area (Å²) < 4.78 is 10.8.